The molecule has 0 bridgehead atoms. The van der Waals surface area contributed by atoms with Gasteiger partial charge in [-0.25, -0.2) is 12.8 Å². The van der Waals surface area contributed by atoms with Gasteiger partial charge in [0.25, 0.3) is 0 Å². The van der Waals surface area contributed by atoms with E-state index in [9.17, 15) is 12.8 Å². The first-order valence-electron chi connectivity index (χ1n) is 10.1. The molecule has 7 nitrogen and oxygen atoms in total. The quantitative estimate of drug-likeness (QED) is 0.477. The van der Waals surface area contributed by atoms with Crippen LogP contribution < -0.4 is 10.6 Å². The first kappa shape index (κ1) is 23.6. The van der Waals surface area contributed by atoms with Gasteiger partial charge in [-0.2, -0.15) is 0 Å². The highest BCUT2D eigenvalue weighted by Crippen LogP contribution is 2.14. The normalized spacial score (nSPS) is 17.9. The fraction of sp³-hybridized carbons (Fsp3) is 0.650. The number of guanidine groups is 1. The van der Waals surface area contributed by atoms with E-state index in [4.69, 9.17) is 0 Å². The van der Waals surface area contributed by atoms with E-state index in [1.165, 1.54) is 24.5 Å². The van der Waals surface area contributed by atoms with Gasteiger partial charge < -0.3 is 15.5 Å². The van der Waals surface area contributed by atoms with Gasteiger partial charge in [0.05, 0.1) is 5.75 Å². The highest BCUT2D eigenvalue weighted by atomic mass is 32.2. The average Bonchev–Trinajstić information content (AvgIpc) is 2.68. The smallest absolute Gasteiger partial charge is 0.191 e. The van der Waals surface area contributed by atoms with E-state index in [1.54, 1.807) is 7.05 Å². The predicted molar refractivity (Wildman–Crippen MR) is 116 cm³/mol. The van der Waals surface area contributed by atoms with Crippen LogP contribution in [0.5, 0.6) is 0 Å². The maximum atomic E-state index is 13.7. The van der Waals surface area contributed by atoms with E-state index in [1.807, 2.05) is 0 Å². The molecule has 1 heterocycles. The molecule has 0 aromatic heterocycles. The predicted octanol–water partition coefficient (Wildman–Crippen LogP) is 1.06. The summed E-state index contributed by atoms with van der Waals surface area (Å²) < 4.78 is 37.0. The molecule has 0 aliphatic carbocycles. The molecule has 1 aromatic rings. The van der Waals surface area contributed by atoms with Gasteiger partial charge in [-0.05, 0) is 36.7 Å². The Balaban J connectivity index is 1.89. The summed E-state index contributed by atoms with van der Waals surface area (Å²) in [7, 11) is -1.52. The Labute approximate surface area is 174 Å². The van der Waals surface area contributed by atoms with Crippen LogP contribution in [0.25, 0.3) is 0 Å². The largest absolute Gasteiger partial charge is 0.355 e. The van der Waals surface area contributed by atoms with Crippen molar-refractivity contribution in [2.24, 2.45) is 4.99 Å². The third-order valence-electron chi connectivity index (χ3n) is 5.30. The van der Waals surface area contributed by atoms with E-state index in [0.29, 0.717) is 29.7 Å². The number of nitrogens with one attached hydrogen (secondary N) is 2. The number of hydrogen-bond acceptors (Lipinski definition) is 5. The lowest BCUT2D eigenvalue weighted by Crippen LogP contribution is -2.53. The highest BCUT2D eigenvalue weighted by molar-refractivity contribution is 7.89. The molecule has 1 aliphatic rings. The van der Waals surface area contributed by atoms with Crippen molar-refractivity contribution in [3.05, 3.63) is 35.1 Å². The minimum atomic E-state index is -3.20. The fourth-order valence-electron chi connectivity index (χ4n) is 3.48. The van der Waals surface area contributed by atoms with Crippen molar-refractivity contribution in [2.75, 3.05) is 52.6 Å². The van der Waals surface area contributed by atoms with Crippen LogP contribution in [0.4, 0.5) is 4.39 Å². The Bertz CT molecular complexity index is 792. The van der Waals surface area contributed by atoms with Gasteiger partial charge in [-0.3, -0.25) is 9.89 Å². The Morgan fingerprint density at radius 2 is 1.90 bits per heavy atom. The summed E-state index contributed by atoms with van der Waals surface area (Å²) in [6.07, 6.45) is 1.18. The standard InChI is InChI=1S/C20H34FN5O2S/c1-5-25-8-10-26(11-9-25)16(2)13-23-20(22-3)24-14-18-12-19(21)7-6-17(18)15-29(4,27)28/h6-7,12,16H,5,8-11,13-15H2,1-4H3,(H2,22,23,24). The van der Waals surface area contributed by atoms with Crippen LogP contribution >= 0.6 is 0 Å². The SMILES string of the molecule is CCN1CCN(C(C)CNC(=NC)NCc2cc(F)ccc2CS(C)(=O)=O)CC1. The van der Waals surface area contributed by atoms with E-state index in [-0.39, 0.29) is 11.6 Å². The monoisotopic (exact) mass is 427 g/mol. The zero-order valence-corrected chi connectivity index (χ0v) is 18.7. The molecule has 9 heteroatoms. The van der Waals surface area contributed by atoms with Crippen molar-refractivity contribution in [2.45, 2.75) is 32.2 Å². The number of benzene rings is 1. The van der Waals surface area contributed by atoms with Crippen LogP contribution in [0.15, 0.2) is 23.2 Å². The maximum absolute atomic E-state index is 13.7. The molecule has 0 spiro atoms. The van der Waals surface area contributed by atoms with Gasteiger partial charge in [0, 0.05) is 58.6 Å². The second kappa shape index (κ2) is 10.9. The molecule has 1 saturated heterocycles. The fourth-order valence-corrected chi connectivity index (χ4v) is 4.32. The van der Waals surface area contributed by atoms with Crippen molar-refractivity contribution >= 4 is 15.8 Å². The molecule has 1 unspecified atom stereocenters. The van der Waals surface area contributed by atoms with Crippen molar-refractivity contribution < 1.29 is 12.8 Å². The van der Waals surface area contributed by atoms with Gasteiger partial charge in [0.1, 0.15) is 5.82 Å². The molecular weight excluding hydrogens is 393 g/mol. The van der Waals surface area contributed by atoms with Crippen molar-refractivity contribution in [3.63, 3.8) is 0 Å². The summed E-state index contributed by atoms with van der Waals surface area (Å²) in [6.45, 7) is 10.8. The molecule has 1 aliphatic heterocycles. The van der Waals surface area contributed by atoms with Crippen LogP contribution in [0, 0.1) is 5.82 Å². The summed E-state index contributed by atoms with van der Waals surface area (Å²) in [6, 6.07) is 4.55. The number of rotatable bonds is 8. The lowest BCUT2D eigenvalue weighted by molar-refractivity contribution is 0.107. The van der Waals surface area contributed by atoms with Gasteiger partial charge in [-0.15, -0.1) is 0 Å². The van der Waals surface area contributed by atoms with Crippen LogP contribution in [0.1, 0.15) is 25.0 Å². The van der Waals surface area contributed by atoms with Gasteiger partial charge in [0.2, 0.25) is 0 Å². The number of nitrogens with zero attached hydrogens (tertiary/aromatic N) is 3. The summed E-state index contributed by atoms with van der Waals surface area (Å²) in [5.74, 6) is 0.109. The zero-order chi connectivity index (χ0) is 21.4. The molecule has 29 heavy (non-hydrogen) atoms. The molecule has 0 saturated carbocycles. The number of likely N-dealkylation sites (N-methyl/N-ethyl adjacent to an activating group) is 1. The number of sulfone groups is 1. The van der Waals surface area contributed by atoms with Gasteiger partial charge in [-0.1, -0.05) is 13.0 Å². The van der Waals surface area contributed by atoms with Crippen LogP contribution in [-0.4, -0.2) is 82.8 Å². The Kier molecular flexibility index (Phi) is 8.85. The average molecular weight is 428 g/mol. The molecular formula is C20H34FN5O2S. The Hall–Kier alpha value is -1.71. The van der Waals surface area contributed by atoms with Crippen molar-refractivity contribution in [1.29, 1.82) is 0 Å². The number of hydrogen-bond donors (Lipinski definition) is 2. The molecule has 2 rings (SSSR count). The number of piperazine rings is 1. The molecule has 0 radical (unpaired) electrons. The summed E-state index contributed by atoms with van der Waals surface area (Å²) in [4.78, 5) is 9.14. The molecule has 1 aromatic carbocycles. The molecule has 1 atom stereocenters. The van der Waals surface area contributed by atoms with Crippen LogP contribution in [0.2, 0.25) is 0 Å². The highest BCUT2D eigenvalue weighted by Gasteiger charge is 2.20. The minimum Gasteiger partial charge on any atom is -0.355 e. The van der Waals surface area contributed by atoms with Crippen LogP contribution in [-0.2, 0) is 22.1 Å². The molecule has 1 fully saturated rings. The first-order valence-corrected chi connectivity index (χ1v) is 12.1. The van der Waals surface area contributed by atoms with Gasteiger partial charge >= 0.3 is 0 Å². The second-order valence-electron chi connectivity index (χ2n) is 7.61. The Morgan fingerprint density at radius 3 is 2.48 bits per heavy atom. The lowest BCUT2D eigenvalue weighted by Gasteiger charge is -2.37. The molecule has 2 N–H and O–H groups in total. The van der Waals surface area contributed by atoms with Gasteiger partial charge in [0.15, 0.2) is 15.8 Å². The minimum absolute atomic E-state index is 0.114. The second-order valence-corrected chi connectivity index (χ2v) is 9.75. The van der Waals surface area contributed by atoms with Crippen molar-refractivity contribution in [1.82, 2.24) is 20.4 Å². The first-order chi connectivity index (χ1) is 13.7. The summed E-state index contributed by atoms with van der Waals surface area (Å²) in [5.41, 5.74) is 1.21. The number of aliphatic imine (C=N–C) groups is 1. The summed E-state index contributed by atoms with van der Waals surface area (Å²) >= 11 is 0. The lowest BCUT2D eigenvalue weighted by atomic mass is 10.1. The zero-order valence-electron chi connectivity index (χ0n) is 17.9. The van der Waals surface area contributed by atoms with E-state index >= 15 is 0 Å². The molecule has 0 amide bonds. The molecule has 164 valence electrons. The maximum Gasteiger partial charge on any atom is 0.191 e. The van der Waals surface area contributed by atoms with E-state index < -0.39 is 9.84 Å². The van der Waals surface area contributed by atoms with Crippen LogP contribution in [0.3, 0.4) is 0 Å². The van der Waals surface area contributed by atoms with E-state index in [0.717, 1.165) is 39.3 Å². The number of halogens is 1. The van der Waals surface area contributed by atoms with E-state index in [2.05, 4.69) is 39.3 Å². The Morgan fingerprint density at radius 1 is 1.21 bits per heavy atom. The third-order valence-corrected chi connectivity index (χ3v) is 6.13. The summed E-state index contributed by atoms with van der Waals surface area (Å²) in [5, 5.41) is 6.48. The third kappa shape index (κ3) is 7.91. The topological polar surface area (TPSA) is 77.0 Å². The van der Waals surface area contributed by atoms with Crippen molar-refractivity contribution in [3.8, 4) is 0 Å².